The highest BCUT2D eigenvalue weighted by molar-refractivity contribution is 5.95. The summed E-state index contributed by atoms with van der Waals surface area (Å²) in [4.78, 5) is 26.9. The second-order valence-corrected chi connectivity index (χ2v) is 8.93. The molecule has 0 saturated heterocycles. The van der Waals surface area contributed by atoms with Gasteiger partial charge in [-0.25, -0.2) is 10.4 Å². The van der Waals surface area contributed by atoms with E-state index in [-0.39, 0.29) is 17.5 Å². The number of hydrogen-bond donors (Lipinski definition) is 1. The minimum absolute atomic E-state index is 0.137. The first-order valence-corrected chi connectivity index (χ1v) is 12.6. The molecule has 2 aromatic heterocycles. The molecule has 204 valence electrons. The van der Waals surface area contributed by atoms with Crippen LogP contribution in [0, 0.1) is 17.0 Å². The zero-order chi connectivity index (χ0) is 28.8. The Morgan fingerprint density at radius 3 is 2.44 bits per heavy atom. The van der Waals surface area contributed by atoms with Gasteiger partial charge in [-0.1, -0.05) is 30.3 Å². The average molecular weight is 548 g/mol. The summed E-state index contributed by atoms with van der Waals surface area (Å²) in [5, 5.41) is 14.9. The van der Waals surface area contributed by atoms with Crippen LogP contribution in [0.4, 0.5) is 5.69 Å². The molecule has 1 amide bonds. The molecular formula is C31H25N5O5. The van der Waals surface area contributed by atoms with Gasteiger partial charge in [0.2, 0.25) is 5.88 Å². The van der Waals surface area contributed by atoms with Gasteiger partial charge >= 0.3 is 0 Å². The maximum Gasteiger partial charge on any atom is 0.287 e. The van der Waals surface area contributed by atoms with Crippen LogP contribution >= 0.6 is 0 Å². The molecule has 2 heterocycles. The molecule has 0 aliphatic rings. The molecule has 5 aromatic rings. The van der Waals surface area contributed by atoms with E-state index in [1.165, 1.54) is 25.5 Å². The summed E-state index contributed by atoms with van der Waals surface area (Å²) in [5.74, 6) is 0.586. The number of nitro groups is 1. The zero-order valence-corrected chi connectivity index (χ0v) is 22.2. The van der Waals surface area contributed by atoms with E-state index in [9.17, 15) is 14.9 Å². The van der Waals surface area contributed by atoms with Crippen LogP contribution in [0.1, 0.15) is 21.6 Å². The third kappa shape index (κ3) is 6.12. The number of amides is 1. The SMILES string of the molecule is COc1cc(C=NNC(=O)c2ccc(-n3c(C)ccc3-c3ccccc3)cc2)ccc1Oc1ccc([N+](=O)[O-])cn1. The van der Waals surface area contributed by atoms with E-state index in [2.05, 4.69) is 44.3 Å². The van der Waals surface area contributed by atoms with Crippen LogP contribution in [0.15, 0.2) is 108 Å². The van der Waals surface area contributed by atoms with E-state index >= 15 is 0 Å². The molecule has 0 aliphatic heterocycles. The molecule has 5 rings (SSSR count). The number of aryl methyl sites for hydroxylation is 1. The quantitative estimate of drug-likeness (QED) is 0.131. The highest BCUT2D eigenvalue weighted by Gasteiger charge is 2.12. The Labute approximate surface area is 235 Å². The van der Waals surface area contributed by atoms with Gasteiger partial charge in [0.25, 0.3) is 11.6 Å². The molecule has 10 heteroatoms. The Kier molecular flexibility index (Phi) is 7.82. The van der Waals surface area contributed by atoms with E-state index in [1.54, 1.807) is 30.3 Å². The van der Waals surface area contributed by atoms with Gasteiger partial charge in [-0.15, -0.1) is 0 Å². The third-order valence-corrected chi connectivity index (χ3v) is 6.25. The average Bonchev–Trinajstić information content (AvgIpc) is 3.39. The van der Waals surface area contributed by atoms with Crippen LogP contribution in [-0.4, -0.2) is 33.7 Å². The smallest absolute Gasteiger partial charge is 0.287 e. The molecule has 3 aromatic carbocycles. The Morgan fingerprint density at radius 1 is 0.976 bits per heavy atom. The molecule has 1 N–H and O–H groups in total. The molecule has 0 bridgehead atoms. The largest absolute Gasteiger partial charge is 0.493 e. The van der Waals surface area contributed by atoms with Crippen molar-refractivity contribution in [3.05, 3.63) is 130 Å². The van der Waals surface area contributed by atoms with Crippen molar-refractivity contribution in [2.75, 3.05) is 7.11 Å². The summed E-state index contributed by atoms with van der Waals surface area (Å²) in [6.45, 7) is 2.04. The molecule has 10 nitrogen and oxygen atoms in total. The van der Waals surface area contributed by atoms with Crippen LogP contribution in [0.25, 0.3) is 16.9 Å². The molecule has 0 spiro atoms. The van der Waals surface area contributed by atoms with E-state index < -0.39 is 4.92 Å². The number of carbonyl (C=O) groups is 1. The van der Waals surface area contributed by atoms with Gasteiger partial charge in [0.15, 0.2) is 11.5 Å². The normalized spacial score (nSPS) is 10.9. The first-order chi connectivity index (χ1) is 19.9. The fourth-order valence-electron chi connectivity index (χ4n) is 4.21. The minimum atomic E-state index is -0.536. The van der Waals surface area contributed by atoms with Gasteiger partial charge in [0, 0.05) is 29.1 Å². The summed E-state index contributed by atoms with van der Waals surface area (Å²) in [5.41, 5.74) is 7.73. The Balaban J connectivity index is 1.24. The van der Waals surface area contributed by atoms with Crippen molar-refractivity contribution in [2.24, 2.45) is 5.10 Å². The number of benzene rings is 3. The molecule has 0 radical (unpaired) electrons. The number of hydrogen-bond acceptors (Lipinski definition) is 7. The number of hydrazone groups is 1. The lowest BCUT2D eigenvalue weighted by Crippen LogP contribution is -2.17. The fraction of sp³-hybridized carbons (Fsp3) is 0.0645. The number of nitrogens with zero attached hydrogens (tertiary/aromatic N) is 4. The highest BCUT2D eigenvalue weighted by atomic mass is 16.6. The summed E-state index contributed by atoms with van der Waals surface area (Å²) < 4.78 is 13.2. The van der Waals surface area contributed by atoms with Crippen molar-refractivity contribution in [1.29, 1.82) is 0 Å². The van der Waals surface area contributed by atoms with Crippen molar-refractivity contribution in [2.45, 2.75) is 6.92 Å². The maximum atomic E-state index is 12.7. The first-order valence-electron chi connectivity index (χ1n) is 12.6. The lowest BCUT2D eigenvalue weighted by Gasteiger charge is -2.12. The minimum Gasteiger partial charge on any atom is -0.493 e. The molecule has 0 aliphatic carbocycles. The van der Waals surface area contributed by atoms with Gasteiger partial charge in [0.1, 0.15) is 6.20 Å². The Bertz CT molecular complexity index is 1710. The van der Waals surface area contributed by atoms with Gasteiger partial charge in [-0.3, -0.25) is 14.9 Å². The Morgan fingerprint density at radius 2 is 1.76 bits per heavy atom. The summed E-state index contributed by atoms with van der Waals surface area (Å²) >= 11 is 0. The van der Waals surface area contributed by atoms with Gasteiger partial charge in [-0.2, -0.15) is 5.10 Å². The van der Waals surface area contributed by atoms with Crippen LogP contribution < -0.4 is 14.9 Å². The molecule has 0 atom stereocenters. The van der Waals surface area contributed by atoms with Crippen molar-refractivity contribution >= 4 is 17.8 Å². The number of rotatable bonds is 9. The molecule has 41 heavy (non-hydrogen) atoms. The predicted octanol–water partition coefficient (Wildman–Crippen LogP) is 6.32. The second kappa shape index (κ2) is 12.0. The van der Waals surface area contributed by atoms with Crippen LogP contribution in [-0.2, 0) is 0 Å². The van der Waals surface area contributed by atoms with Crippen molar-refractivity contribution in [3.8, 4) is 34.3 Å². The Hall–Kier alpha value is -5.77. The zero-order valence-electron chi connectivity index (χ0n) is 22.2. The van der Waals surface area contributed by atoms with Gasteiger partial charge < -0.3 is 14.0 Å². The van der Waals surface area contributed by atoms with Crippen LogP contribution in [0.3, 0.4) is 0 Å². The highest BCUT2D eigenvalue weighted by Crippen LogP contribution is 2.32. The topological polar surface area (TPSA) is 121 Å². The number of nitrogens with one attached hydrogen (secondary N) is 1. The number of ether oxygens (including phenoxy) is 2. The third-order valence-electron chi connectivity index (χ3n) is 6.25. The lowest BCUT2D eigenvalue weighted by atomic mass is 10.1. The standard InChI is InChI=1S/C31H25N5O5/c1-21-8-15-27(23-6-4-3-5-7-23)35(21)25-12-10-24(11-13-25)31(37)34-33-19-22-9-16-28(29(18-22)40-2)41-30-17-14-26(20-32-30)36(38)39/h3-20H,1-2H3,(H,34,37). The van der Waals surface area contributed by atoms with Crippen molar-refractivity contribution in [1.82, 2.24) is 15.0 Å². The van der Waals surface area contributed by atoms with Crippen molar-refractivity contribution in [3.63, 3.8) is 0 Å². The molecule has 0 fully saturated rings. The first kappa shape index (κ1) is 26.8. The van der Waals surface area contributed by atoms with E-state index in [0.29, 0.717) is 22.6 Å². The second-order valence-electron chi connectivity index (χ2n) is 8.93. The molecule has 0 saturated carbocycles. The van der Waals surface area contributed by atoms with Crippen LogP contribution in [0.2, 0.25) is 0 Å². The molecule has 0 unspecified atom stereocenters. The number of aromatic nitrogens is 2. The fourth-order valence-corrected chi connectivity index (χ4v) is 4.21. The monoisotopic (exact) mass is 547 g/mol. The van der Waals surface area contributed by atoms with E-state index in [0.717, 1.165) is 28.8 Å². The lowest BCUT2D eigenvalue weighted by molar-refractivity contribution is -0.385. The number of pyridine rings is 1. The summed E-state index contributed by atoms with van der Waals surface area (Å²) in [7, 11) is 1.48. The van der Waals surface area contributed by atoms with Gasteiger partial charge in [-0.05, 0) is 72.6 Å². The predicted molar refractivity (Wildman–Crippen MR) is 155 cm³/mol. The van der Waals surface area contributed by atoms with E-state index in [4.69, 9.17) is 9.47 Å². The van der Waals surface area contributed by atoms with Crippen LogP contribution in [0.5, 0.6) is 17.4 Å². The maximum absolute atomic E-state index is 12.7. The summed E-state index contributed by atoms with van der Waals surface area (Å²) in [6, 6.07) is 29.4. The van der Waals surface area contributed by atoms with Crippen molar-refractivity contribution < 1.29 is 19.2 Å². The van der Waals surface area contributed by atoms with Gasteiger partial charge in [0.05, 0.1) is 23.9 Å². The van der Waals surface area contributed by atoms with E-state index in [1.807, 2.05) is 37.3 Å². The number of methoxy groups -OCH3 is 1. The summed E-state index contributed by atoms with van der Waals surface area (Å²) in [6.07, 6.45) is 2.60. The molecular weight excluding hydrogens is 522 g/mol. The number of carbonyl (C=O) groups excluding carboxylic acids is 1.